The summed E-state index contributed by atoms with van der Waals surface area (Å²) in [7, 11) is 2.08. The molecule has 102 valence electrons. The molecule has 0 aromatic carbocycles. The van der Waals surface area contributed by atoms with Gasteiger partial charge in [0.1, 0.15) is 0 Å². The number of pyridine rings is 1. The molecule has 2 atom stereocenters. The smallest absolute Gasteiger partial charge is 0.0300 e. The Morgan fingerprint density at radius 3 is 2.72 bits per heavy atom. The average molecular weight is 248 g/mol. The van der Waals surface area contributed by atoms with Gasteiger partial charge in [-0.3, -0.25) is 4.98 Å². The van der Waals surface area contributed by atoms with Crippen LogP contribution in [0.25, 0.3) is 0 Å². The third kappa shape index (κ3) is 5.63. The normalized spacial score (nSPS) is 14.4. The van der Waals surface area contributed by atoms with Gasteiger partial charge in [-0.1, -0.05) is 45.6 Å². The van der Waals surface area contributed by atoms with Crippen molar-refractivity contribution in [2.24, 2.45) is 5.92 Å². The molecule has 1 rings (SSSR count). The Morgan fingerprint density at radius 1 is 1.33 bits per heavy atom. The van der Waals surface area contributed by atoms with E-state index in [-0.39, 0.29) is 0 Å². The van der Waals surface area contributed by atoms with Gasteiger partial charge in [0, 0.05) is 18.4 Å². The van der Waals surface area contributed by atoms with E-state index >= 15 is 0 Å². The SMILES string of the molecule is CCCCC(CC)CC(Cc1cccnc1)NC. The van der Waals surface area contributed by atoms with Crippen LogP contribution in [0.5, 0.6) is 0 Å². The molecule has 0 radical (unpaired) electrons. The minimum Gasteiger partial charge on any atom is -0.317 e. The summed E-state index contributed by atoms with van der Waals surface area (Å²) in [5.74, 6) is 0.860. The van der Waals surface area contributed by atoms with Crippen LogP contribution in [0, 0.1) is 5.92 Å². The first-order valence-electron chi connectivity index (χ1n) is 7.36. The summed E-state index contributed by atoms with van der Waals surface area (Å²) in [4.78, 5) is 4.19. The van der Waals surface area contributed by atoms with Crippen LogP contribution in [-0.2, 0) is 6.42 Å². The summed E-state index contributed by atoms with van der Waals surface area (Å²) in [5, 5.41) is 3.46. The largest absolute Gasteiger partial charge is 0.317 e. The molecule has 0 aliphatic carbocycles. The van der Waals surface area contributed by atoms with Crippen LogP contribution in [0.1, 0.15) is 51.5 Å². The molecule has 1 N–H and O–H groups in total. The minimum absolute atomic E-state index is 0.580. The summed E-state index contributed by atoms with van der Waals surface area (Å²) < 4.78 is 0. The Balaban J connectivity index is 2.45. The zero-order valence-electron chi connectivity index (χ0n) is 12.2. The molecule has 2 nitrogen and oxygen atoms in total. The fourth-order valence-electron chi connectivity index (χ4n) is 2.49. The first kappa shape index (κ1) is 15.2. The summed E-state index contributed by atoms with van der Waals surface area (Å²) in [6, 6.07) is 4.77. The Labute approximate surface area is 112 Å². The van der Waals surface area contributed by atoms with Gasteiger partial charge in [0.05, 0.1) is 0 Å². The van der Waals surface area contributed by atoms with E-state index in [0.717, 1.165) is 12.3 Å². The van der Waals surface area contributed by atoms with Gasteiger partial charge in [0.2, 0.25) is 0 Å². The molecular weight excluding hydrogens is 220 g/mol. The number of nitrogens with one attached hydrogen (secondary N) is 1. The zero-order chi connectivity index (χ0) is 13.2. The van der Waals surface area contributed by atoms with Gasteiger partial charge in [-0.05, 0) is 37.4 Å². The minimum atomic E-state index is 0.580. The molecule has 1 aromatic heterocycles. The molecule has 0 aliphatic rings. The molecule has 18 heavy (non-hydrogen) atoms. The van der Waals surface area contributed by atoms with Gasteiger partial charge in [0.15, 0.2) is 0 Å². The Morgan fingerprint density at radius 2 is 2.17 bits per heavy atom. The topological polar surface area (TPSA) is 24.9 Å². The maximum Gasteiger partial charge on any atom is 0.0300 e. The second-order valence-electron chi connectivity index (χ2n) is 5.20. The number of unbranched alkanes of at least 4 members (excludes halogenated alkanes) is 1. The lowest BCUT2D eigenvalue weighted by Crippen LogP contribution is -2.30. The van der Waals surface area contributed by atoms with Crippen molar-refractivity contribution in [3.8, 4) is 0 Å². The summed E-state index contributed by atoms with van der Waals surface area (Å²) in [6.07, 6.45) is 11.5. The van der Waals surface area contributed by atoms with E-state index in [9.17, 15) is 0 Å². The predicted molar refractivity (Wildman–Crippen MR) is 78.7 cm³/mol. The van der Waals surface area contributed by atoms with Crippen LogP contribution in [0.2, 0.25) is 0 Å². The molecule has 0 aliphatic heterocycles. The van der Waals surface area contributed by atoms with Crippen LogP contribution < -0.4 is 5.32 Å². The molecule has 0 amide bonds. The number of hydrogen-bond acceptors (Lipinski definition) is 2. The summed E-state index contributed by atoms with van der Waals surface area (Å²) in [5.41, 5.74) is 1.34. The van der Waals surface area contributed by atoms with Crippen LogP contribution >= 0.6 is 0 Å². The Kier molecular flexibility index (Phi) is 7.66. The fourth-order valence-corrected chi connectivity index (χ4v) is 2.49. The van der Waals surface area contributed by atoms with E-state index in [1.54, 1.807) is 0 Å². The van der Waals surface area contributed by atoms with Crippen LogP contribution in [0.4, 0.5) is 0 Å². The average Bonchev–Trinajstić information content (AvgIpc) is 2.43. The predicted octanol–water partition coefficient (Wildman–Crippen LogP) is 3.82. The number of rotatable bonds is 9. The molecular formula is C16H28N2. The number of hydrogen-bond donors (Lipinski definition) is 1. The zero-order valence-corrected chi connectivity index (χ0v) is 12.2. The highest BCUT2D eigenvalue weighted by molar-refractivity contribution is 5.10. The van der Waals surface area contributed by atoms with Crippen molar-refractivity contribution in [1.82, 2.24) is 10.3 Å². The van der Waals surface area contributed by atoms with E-state index in [1.165, 1.54) is 37.7 Å². The van der Waals surface area contributed by atoms with Crippen molar-refractivity contribution < 1.29 is 0 Å². The quantitative estimate of drug-likeness (QED) is 0.718. The van der Waals surface area contributed by atoms with Crippen molar-refractivity contribution in [2.45, 2.75) is 58.4 Å². The molecule has 0 saturated carbocycles. The second kappa shape index (κ2) is 9.09. The molecule has 0 spiro atoms. The molecule has 2 unspecified atom stereocenters. The fraction of sp³-hybridized carbons (Fsp3) is 0.688. The lowest BCUT2D eigenvalue weighted by molar-refractivity contribution is 0.358. The highest BCUT2D eigenvalue weighted by atomic mass is 14.9. The molecule has 1 heterocycles. The summed E-state index contributed by atoms with van der Waals surface area (Å²) >= 11 is 0. The number of aromatic nitrogens is 1. The Hall–Kier alpha value is -0.890. The van der Waals surface area contributed by atoms with Gasteiger partial charge < -0.3 is 5.32 Å². The van der Waals surface area contributed by atoms with E-state index in [2.05, 4.69) is 37.3 Å². The van der Waals surface area contributed by atoms with E-state index in [1.807, 2.05) is 18.5 Å². The lowest BCUT2D eigenvalue weighted by atomic mass is 9.90. The number of nitrogens with zero attached hydrogens (tertiary/aromatic N) is 1. The van der Waals surface area contributed by atoms with Gasteiger partial charge in [-0.25, -0.2) is 0 Å². The first-order chi connectivity index (χ1) is 8.80. The van der Waals surface area contributed by atoms with Crippen LogP contribution in [-0.4, -0.2) is 18.1 Å². The lowest BCUT2D eigenvalue weighted by Gasteiger charge is -2.22. The highest BCUT2D eigenvalue weighted by Crippen LogP contribution is 2.20. The van der Waals surface area contributed by atoms with Crippen LogP contribution in [0.3, 0.4) is 0 Å². The standard InChI is InChI=1S/C16H28N2/c1-4-6-8-14(5-2)11-16(17-3)12-15-9-7-10-18-13-15/h7,9-10,13-14,16-17H,4-6,8,11-12H2,1-3H3. The molecule has 2 heteroatoms. The summed E-state index contributed by atoms with van der Waals surface area (Å²) in [6.45, 7) is 4.59. The molecule has 1 aromatic rings. The maximum absolute atomic E-state index is 4.19. The van der Waals surface area contributed by atoms with Crippen molar-refractivity contribution in [3.05, 3.63) is 30.1 Å². The van der Waals surface area contributed by atoms with Gasteiger partial charge in [-0.2, -0.15) is 0 Å². The van der Waals surface area contributed by atoms with Crippen LogP contribution in [0.15, 0.2) is 24.5 Å². The Bertz CT molecular complexity index is 297. The molecule has 0 fully saturated rings. The van der Waals surface area contributed by atoms with Crippen molar-refractivity contribution in [1.29, 1.82) is 0 Å². The van der Waals surface area contributed by atoms with Gasteiger partial charge >= 0.3 is 0 Å². The molecule has 0 bridgehead atoms. The van der Waals surface area contributed by atoms with Gasteiger partial charge in [0.25, 0.3) is 0 Å². The number of likely N-dealkylation sites (N-methyl/N-ethyl adjacent to an activating group) is 1. The monoisotopic (exact) mass is 248 g/mol. The maximum atomic E-state index is 4.19. The van der Waals surface area contributed by atoms with Gasteiger partial charge in [-0.15, -0.1) is 0 Å². The van der Waals surface area contributed by atoms with Crippen molar-refractivity contribution >= 4 is 0 Å². The van der Waals surface area contributed by atoms with Crippen molar-refractivity contribution in [2.75, 3.05) is 7.05 Å². The second-order valence-corrected chi connectivity index (χ2v) is 5.20. The highest BCUT2D eigenvalue weighted by Gasteiger charge is 2.14. The molecule has 0 saturated heterocycles. The third-order valence-corrected chi connectivity index (χ3v) is 3.77. The first-order valence-corrected chi connectivity index (χ1v) is 7.36. The third-order valence-electron chi connectivity index (χ3n) is 3.77. The van der Waals surface area contributed by atoms with E-state index in [4.69, 9.17) is 0 Å². The van der Waals surface area contributed by atoms with Crippen molar-refractivity contribution in [3.63, 3.8) is 0 Å². The van der Waals surface area contributed by atoms with E-state index < -0.39 is 0 Å². The van der Waals surface area contributed by atoms with E-state index in [0.29, 0.717) is 6.04 Å².